The van der Waals surface area contributed by atoms with E-state index in [1.807, 2.05) is 0 Å². The summed E-state index contributed by atoms with van der Waals surface area (Å²) in [5.74, 6) is -0.948. The average molecular weight is 182 g/mol. The lowest BCUT2D eigenvalue weighted by molar-refractivity contribution is 0.0703. The molecule has 0 atom stereocenters. The van der Waals surface area contributed by atoms with E-state index in [2.05, 4.69) is 0 Å². The molecule has 1 aromatic carbocycles. The normalized spacial score (nSPS) is 9.69. The van der Waals surface area contributed by atoms with E-state index in [1.165, 1.54) is 17.6 Å². The van der Waals surface area contributed by atoms with Crippen molar-refractivity contribution in [3.63, 3.8) is 0 Å². The molecule has 0 aliphatic rings. The van der Waals surface area contributed by atoms with Crippen molar-refractivity contribution in [1.82, 2.24) is 5.48 Å². The summed E-state index contributed by atoms with van der Waals surface area (Å²) in [5.41, 5.74) is 7.48. The molecule has 0 aliphatic carbocycles. The Labute approximate surface area is 74.8 Å². The molecule has 5 heteroatoms. The number of hydrogen-bond donors (Lipinski definition) is 4. The average Bonchev–Trinajstić information content (AvgIpc) is 2.17. The molecule has 0 radical (unpaired) electrons. The predicted molar refractivity (Wildman–Crippen MR) is 45.3 cm³/mol. The smallest absolute Gasteiger partial charge is 0.278 e. The Hall–Kier alpha value is -1.59. The van der Waals surface area contributed by atoms with Crippen molar-refractivity contribution in [2.24, 2.45) is 5.73 Å². The van der Waals surface area contributed by atoms with Crippen molar-refractivity contribution in [1.29, 1.82) is 0 Å². The summed E-state index contributed by atoms with van der Waals surface area (Å²) >= 11 is 0. The number of hydroxylamine groups is 1. The van der Waals surface area contributed by atoms with Gasteiger partial charge < -0.3 is 10.8 Å². The summed E-state index contributed by atoms with van der Waals surface area (Å²) in [7, 11) is 0. The third-order valence-electron chi connectivity index (χ3n) is 1.64. The van der Waals surface area contributed by atoms with Crippen molar-refractivity contribution >= 4 is 5.91 Å². The summed E-state index contributed by atoms with van der Waals surface area (Å²) in [5, 5.41) is 17.6. The number of nitrogens with two attached hydrogens (primary N) is 1. The van der Waals surface area contributed by atoms with Crippen LogP contribution in [0.3, 0.4) is 0 Å². The maximum atomic E-state index is 10.9. The molecule has 0 saturated carbocycles. The van der Waals surface area contributed by atoms with E-state index in [0.717, 1.165) is 0 Å². The largest absolute Gasteiger partial charge is 0.507 e. The van der Waals surface area contributed by atoms with Gasteiger partial charge in [-0.05, 0) is 17.7 Å². The zero-order chi connectivity index (χ0) is 9.84. The Kier molecular flexibility index (Phi) is 2.84. The summed E-state index contributed by atoms with van der Waals surface area (Å²) < 4.78 is 0. The fourth-order valence-corrected chi connectivity index (χ4v) is 0.952. The van der Waals surface area contributed by atoms with E-state index in [9.17, 15) is 9.90 Å². The van der Waals surface area contributed by atoms with Gasteiger partial charge in [-0.1, -0.05) is 6.07 Å². The lowest BCUT2D eigenvalue weighted by atomic mass is 10.1. The minimum absolute atomic E-state index is 0.00505. The second kappa shape index (κ2) is 3.88. The van der Waals surface area contributed by atoms with Gasteiger partial charge >= 0.3 is 0 Å². The minimum Gasteiger partial charge on any atom is -0.507 e. The number of phenols is 1. The predicted octanol–water partition coefficient (Wildman–Crippen LogP) is -0.0301. The van der Waals surface area contributed by atoms with Crippen LogP contribution in [0.1, 0.15) is 15.9 Å². The maximum absolute atomic E-state index is 10.9. The van der Waals surface area contributed by atoms with E-state index in [1.54, 1.807) is 6.07 Å². The zero-order valence-corrected chi connectivity index (χ0v) is 6.82. The van der Waals surface area contributed by atoms with Crippen LogP contribution in [0.15, 0.2) is 18.2 Å². The van der Waals surface area contributed by atoms with Gasteiger partial charge in [-0.15, -0.1) is 0 Å². The van der Waals surface area contributed by atoms with Gasteiger partial charge in [0, 0.05) is 6.54 Å². The number of phenolic OH excluding ortho intramolecular Hbond substituents is 1. The molecule has 13 heavy (non-hydrogen) atoms. The number of carbonyl (C=O) groups excluding carboxylic acids is 1. The van der Waals surface area contributed by atoms with Crippen LogP contribution in [-0.2, 0) is 6.54 Å². The molecule has 0 saturated heterocycles. The Morgan fingerprint density at radius 2 is 2.23 bits per heavy atom. The van der Waals surface area contributed by atoms with Gasteiger partial charge in [-0.3, -0.25) is 10.0 Å². The van der Waals surface area contributed by atoms with Gasteiger partial charge in [0.25, 0.3) is 5.91 Å². The first kappa shape index (κ1) is 9.50. The molecule has 0 fully saturated rings. The monoisotopic (exact) mass is 182 g/mol. The first-order valence-corrected chi connectivity index (χ1v) is 3.65. The van der Waals surface area contributed by atoms with Crippen molar-refractivity contribution in [3.05, 3.63) is 29.3 Å². The molecular weight excluding hydrogens is 172 g/mol. The molecule has 5 N–H and O–H groups in total. The molecule has 0 bridgehead atoms. The van der Waals surface area contributed by atoms with Crippen LogP contribution in [0, 0.1) is 0 Å². The third-order valence-corrected chi connectivity index (χ3v) is 1.64. The number of aromatic hydroxyl groups is 1. The Morgan fingerprint density at radius 1 is 1.54 bits per heavy atom. The van der Waals surface area contributed by atoms with Gasteiger partial charge in [-0.2, -0.15) is 0 Å². The molecule has 1 amide bonds. The summed E-state index contributed by atoms with van der Waals surface area (Å²) in [6, 6.07) is 4.37. The second-order valence-electron chi connectivity index (χ2n) is 2.50. The van der Waals surface area contributed by atoms with Crippen molar-refractivity contribution in [3.8, 4) is 5.75 Å². The van der Waals surface area contributed by atoms with Crippen molar-refractivity contribution < 1.29 is 15.1 Å². The van der Waals surface area contributed by atoms with Crippen LogP contribution < -0.4 is 11.2 Å². The molecule has 70 valence electrons. The first-order valence-electron chi connectivity index (χ1n) is 3.65. The van der Waals surface area contributed by atoms with Gasteiger partial charge in [0.2, 0.25) is 0 Å². The van der Waals surface area contributed by atoms with Gasteiger partial charge in [0.1, 0.15) is 5.75 Å². The number of nitrogens with one attached hydrogen (secondary N) is 1. The van der Waals surface area contributed by atoms with Gasteiger partial charge in [0.15, 0.2) is 0 Å². The summed E-state index contributed by atoms with van der Waals surface area (Å²) in [6.07, 6.45) is 0. The van der Waals surface area contributed by atoms with E-state index in [-0.39, 0.29) is 17.9 Å². The Bertz CT molecular complexity index is 325. The van der Waals surface area contributed by atoms with Gasteiger partial charge in [-0.25, -0.2) is 5.48 Å². The van der Waals surface area contributed by atoms with E-state index < -0.39 is 5.91 Å². The lowest BCUT2D eigenvalue weighted by Gasteiger charge is -2.04. The van der Waals surface area contributed by atoms with E-state index in [4.69, 9.17) is 10.9 Å². The van der Waals surface area contributed by atoms with Crippen LogP contribution in [0.25, 0.3) is 0 Å². The number of amides is 1. The van der Waals surface area contributed by atoms with Crippen LogP contribution in [0.5, 0.6) is 5.75 Å². The summed E-state index contributed by atoms with van der Waals surface area (Å²) in [4.78, 5) is 10.9. The Morgan fingerprint density at radius 3 is 2.77 bits per heavy atom. The van der Waals surface area contributed by atoms with Crippen LogP contribution >= 0.6 is 0 Å². The number of hydrogen-bond acceptors (Lipinski definition) is 4. The number of benzene rings is 1. The fourth-order valence-electron chi connectivity index (χ4n) is 0.952. The van der Waals surface area contributed by atoms with Crippen LogP contribution in [-0.4, -0.2) is 16.2 Å². The SMILES string of the molecule is NCc1ccc(O)c(C(=O)NO)c1. The molecule has 1 aromatic rings. The van der Waals surface area contributed by atoms with Crippen molar-refractivity contribution in [2.45, 2.75) is 6.54 Å². The van der Waals surface area contributed by atoms with E-state index in [0.29, 0.717) is 5.56 Å². The molecule has 0 unspecified atom stereocenters. The highest BCUT2D eigenvalue weighted by molar-refractivity contribution is 5.96. The zero-order valence-electron chi connectivity index (χ0n) is 6.82. The van der Waals surface area contributed by atoms with E-state index >= 15 is 0 Å². The minimum atomic E-state index is -0.757. The molecule has 0 aliphatic heterocycles. The lowest BCUT2D eigenvalue weighted by Crippen LogP contribution is -2.19. The molecular formula is C8H10N2O3. The standard InChI is InChI=1S/C8H10N2O3/c9-4-5-1-2-7(11)6(3-5)8(12)10-13/h1-3,11,13H,4,9H2,(H,10,12). The Balaban J connectivity index is 3.11. The topological polar surface area (TPSA) is 95.6 Å². The second-order valence-corrected chi connectivity index (χ2v) is 2.50. The van der Waals surface area contributed by atoms with Crippen LogP contribution in [0.4, 0.5) is 0 Å². The van der Waals surface area contributed by atoms with Gasteiger partial charge in [0.05, 0.1) is 5.56 Å². The molecule has 1 rings (SSSR count). The highest BCUT2D eigenvalue weighted by Gasteiger charge is 2.09. The maximum Gasteiger partial charge on any atom is 0.278 e. The fraction of sp³-hybridized carbons (Fsp3) is 0.125. The van der Waals surface area contributed by atoms with Crippen LogP contribution in [0.2, 0.25) is 0 Å². The summed E-state index contributed by atoms with van der Waals surface area (Å²) in [6.45, 7) is 0.270. The van der Waals surface area contributed by atoms with Crippen molar-refractivity contribution in [2.75, 3.05) is 0 Å². The highest BCUT2D eigenvalue weighted by Crippen LogP contribution is 2.17. The third kappa shape index (κ3) is 1.95. The molecule has 5 nitrogen and oxygen atoms in total. The molecule has 0 aromatic heterocycles. The molecule has 0 spiro atoms. The number of rotatable bonds is 2. The quantitative estimate of drug-likeness (QED) is 0.381. The number of carbonyl (C=O) groups is 1. The molecule has 0 heterocycles. The first-order chi connectivity index (χ1) is 6.19. The highest BCUT2D eigenvalue weighted by atomic mass is 16.5.